The third-order valence-electron chi connectivity index (χ3n) is 3.81. The number of nitrogens with zero attached hydrogens (tertiary/aromatic N) is 1. The molecule has 0 spiro atoms. The summed E-state index contributed by atoms with van der Waals surface area (Å²) < 4.78 is 32.1. The molecule has 104 valence electrons. The summed E-state index contributed by atoms with van der Waals surface area (Å²) in [5.74, 6) is -2.04. The van der Waals surface area contributed by atoms with Crippen molar-refractivity contribution in [1.82, 2.24) is 4.98 Å². The van der Waals surface area contributed by atoms with Crippen LogP contribution in [0, 0.1) is 0 Å². The van der Waals surface area contributed by atoms with Gasteiger partial charge in [-0.25, -0.2) is 8.78 Å². The van der Waals surface area contributed by atoms with Crippen LogP contribution in [0.4, 0.5) is 8.78 Å². The summed E-state index contributed by atoms with van der Waals surface area (Å²) in [5.41, 5.74) is 0.372. The topological polar surface area (TPSA) is 22.1 Å². The van der Waals surface area contributed by atoms with Crippen molar-refractivity contribution in [2.75, 3.05) is 0 Å². The van der Waals surface area contributed by atoms with Crippen molar-refractivity contribution in [3.05, 3.63) is 59.9 Å². The van der Waals surface area contributed by atoms with Crippen LogP contribution in [0.15, 0.2) is 48.7 Å². The van der Waals surface area contributed by atoms with E-state index in [9.17, 15) is 8.78 Å². The van der Waals surface area contributed by atoms with Gasteiger partial charge >= 0.3 is 0 Å². The molecule has 1 saturated carbocycles. The highest BCUT2D eigenvalue weighted by Gasteiger charge is 2.69. The molecule has 1 unspecified atom stereocenters. The maximum absolute atomic E-state index is 13.3. The van der Waals surface area contributed by atoms with Crippen LogP contribution >= 0.6 is 0 Å². The van der Waals surface area contributed by atoms with Gasteiger partial charge in [-0.15, -0.1) is 0 Å². The molecule has 4 heteroatoms. The predicted octanol–water partition coefficient (Wildman–Crippen LogP) is 3.96. The Kier molecular flexibility index (Phi) is 2.96. The van der Waals surface area contributed by atoms with Gasteiger partial charge in [-0.3, -0.25) is 4.98 Å². The van der Waals surface area contributed by atoms with Gasteiger partial charge in [0.25, 0.3) is 5.92 Å². The monoisotopic (exact) mass is 275 g/mol. The molecule has 1 heterocycles. The summed E-state index contributed by atoms with van der Waals surface area (Å²) in [6, 6.07) is 13.1. The lowest BCUT2D eigenvalue weighted by atomic mass is 10.0. The van der Waals surface area contributed by atoms with Crippen LogP contribution in [0.5, 0.6) is 5.75 Å². The van der Waals surface area contributed by atoms with Gasteiger partial charge in [0.15, 0.2) is 0 Å². The first-order chi connectivity index (χ1) is 9.51. The fourth-order valence-corrected chi connectivity index (χ4v) is 2.21. The van der Waals surface area contributed by atoms with Crippen molar-refractivity contribution in [2.45, 2.75) is 31.3 Å². The number of hydrogen-bond donors (Lipinski definition) is 0. The van der Waals surface area contributed by atoms with E-state index in [0.717, 1.165) is 5.56 Å². The number of ether oxygens (including phenoxy) is 1. The Balaban J connectivity index is 1.66. The van der Waals surface area contributed by atoms with Crippen molar-refractivity contribution in [1.29, 1.82) is 0 Å². The molecule has 0 N–H and O–H groups in total. The molecular weight excluding hydrogens is 260 g/mol. The lowest BCUT2D eigenvalue weighted by Gasteiger charge is -2.11. The molecule has 1 aliphatic carbocycles. The normalized spacial score (nSPS) is 23.4. The summed E-state index contributed by atoms with van der Waals surface area (Å²) >= 11 is 0. The minimum Gasteiger partial charge on any atom is -0.487 e. The molecule has 0 amide bonds. The van der Waals surface area contributed by atoms with Crippen molar-refractivity contribution < 1.29 is 13.5 Å². The fraction of sp³-hybridized carbons (Fsp3) is 0.312. The average molecular weight is 275 g/mol. The second-order valence-corrected chi connectivity index (χ2v) is 5.37. The van der Waals surface area contributed by atoms with Crippen LogP contribution in [0.2, 0.25) is 0 Å². The van der Waals surface area contributed by atoms with Crippen molar-refractivity contribution in [2.24, 2.45) is 0 Å². The Bertz CT molecular complexity index is 598. The van der Waals surface area contributed by atoms with Crippen LogP contribution in [-0.2, 0) is 12.0 Å². The van der Waals surface area contributed by atoms with E-state index in [1.165, 1.54) is 6.20 Å². The van der Waals surface area contributed by atoms with E-state index in [2.05, 4.69) is 4.98 Å². The number of alkyl halides is 2. The highest BCUT2D eigenvalue weighted by Crippen LogP contribution is 2.60. The summed E-state index contributed by atoms with van der Waals surface area (Å²) in [6.07, 6.45) is 1.38. The van der Waals surface area contributed by atoms with Gasteiger partial charge in [-0.05, 0) is 24.6 Å². The molecule has 1 aromatic heterocycles. The number of hydrogen-bond acceptors (Lipinski definition) is 2. The van der Waals surface area contributed by atoms with E-state index in [1.807, 2.05) is 30.3 Å². The molecule has 0 bridgehead atoms. The zero-order valence-corrected chi connectivity index (χ0v) is 11.1. The molecule has 1 aromatic carbocycles. The molecule has 0 radical (unpaired) electrons. The predicted molar refractivity (Wildman–Crippen MR) is 71.9 cm³/mol. The Hall–Kier alpha value is -1.97. The summed E-state index contributed by atoms with van der Waals surface area (Å²) in [7, 11) is 0. The SMILES string of the molecule is CC1(c2ccc(OCc3ccccc3)cn2)CC1(F)F. The van der Waals surface area contributed by atoms with Crippen LogP contribution < -0.4 is 4.74 Å². The zero-order valence-electron chi connectivity index (χ0n) is 11.1. The zero-order chi connectivity index (χ0) is 14.2. The van der Waals surface area contributed by atoms with E-state index in [4.69, 9.17) is 4.74 Å². The standard InChI is InChI=1S/C16H15F2NO/c1-15(11-16(15,17)18)14-8-7-13(9-19-14)20-10-12-5-3-2-4-6-12/h2-9H,10-11H2,1H3. The minimum absolute atomic E-state index is 0.128. The molecule has 20 heavy (non-hydrogen) atoms. The van der Waals surface area contributed by atoms with Crippen LogP contribution in [0.25, 0.3) is 0 Å². The summed E-state index contributed by atoms with van der Waals surface area (Å²) in [6.45, 7) is 1.98. The number of aromatic nitrogens is 1. The van der Waals surface area contributed by atoms with Gasteiger partial charge in [-0.2, -0.15) is 0 Å². The highest BCUT2D eigenvalue weighted by atomic mass is 19.3. The minimum atomic E-state index is -2.63. The van der Waals surface area contributed by atoms with Gasteiger partial charge in [-0.1, -0.05) is 30.3 Å². The fourth-order valence-electron chi connectivity index (χ4n) is 2.21. The number of benzene rings is 1. The summed E-state index contributed by atoms with van der Waals surface area (Å²) in [5, 5.41) is 0. The van der Waals surface area contributed by atoms with Gasteiger partial charge in [0.05, 0.1) is 17.3 Å². The lowest BCUT2D eigenvalue weighted by Crippen LogP contribution is -2.13. The van der Waals surface area contributed by atoms with E-state index < -0.39 is 11.3 Å². The van der Waals surface area contributed by atoms with E-state index in [1.54, 1.807) is 19.1 Å². The number of halogens is 2. The Morgan fingerprint density at radius 3 is 2.40 bits per heavy atom. The molecule has 2 aromatic rings. The second kappa shape index (κ2) is 4.54. The quantitative estimate of drug-likeness (QED) is 0.842. The third kappa shape index (κ3) is 2.26. The van der Waals surface area contributed by atoms with Crippen LogP contribution in [-0.4, -0.2) is 10.9 Å². The van der Waals surface area contributed by atoms with Gasteiger partial charge in [0.1, 0.15) is 12.4 Å². The Morgan fingerprint density at radius 1 is 1.15 bits per heavy atom. The number of rotatable bonds is 4. The first kappa shape index (κ1) is 13.0. The van der Waals surface area contributed by atoms with Crippen LogP contribution in [0.1, 0.15) is 24.6 Å². The van der Waals surface area contributed by atoms with Crippen molar-refractivity contribution in [3.8, 4) is 5.75 Å². The van der Waals surface area contributed by atoms with E-state index in [-0.39, 0.29) is 6.42 Å². The molecular formula is C16H15F2NO. The molecule has 1 atom stereocenters. The van der Waals surface area contributed by atoms with Gasteiger partial charge < -0.3 is 4.74 Å². The summed E-state index contributed by atoms with van der Waals surface area (Å²) in [4.78, 5) is 4.12. The molecule has 2 nitrogen and oxygen atoms in total. The van der Waals surface area contributed by atoms with Gasteiger partial charge in [0.2, 0.25) is 0 Å². The maximum Gasteiger partial charge on any atom is 0.260 e. The lowest BCUT2D eigenvalue weighted by molar-refractivity contribution is 0.0910. The average Bonchev–Trinajstić information content (AvgIpc) is 2.98. The second-order valence-electron chi connectivity index (χ2n) is 5.37. The molecule has 0 aliphatic heterocycles. The first-order valence-corrected chi connectivity index (χ1v) is 6.52. The van der Waals surface area contributed by atoms with E-state index >= 15 is 0 Å². The molecule has 1 fully saturated rings. The molecule has 0 saturated heterocycles. The van der Waals surface area contributed by atoms with Gasteiger partial charge in [0, 0.05) is 6.42 Å². The number of pyridine rings is 1. The van der Waals surface area contributed by atoms with Crippen LogP contribution in [0.3, 0.4) is 0 Å². The molecule has 1 aliphatic rings. The third-order valence-corrected chi connectivity index (χ3v) is 3.81. The largest absolute Gasteiger partial charge is 0.487 e. The smallest absolute Gasteiger partial charge is 0.260 e. The Labute approximate surface area is 116 Å². The first-order valence-electron chi connectivity index (χ1n) is 6.52. The van der Waals surface area contributed by atoms with E-state index in [0.29, 0.717) is 18.1 Å². The highest BCUT2D eigenvalue weighted by molar-refractivity contribution is 5.33. The van der Waals surface area contributed by atoms with Crippen molar-refractivity contribution >= 4 is 0 Å². The maximum atomic E-state index is 13.3. The van der Waals surface area contributed by atoms with Crippen molar-refractivity contribution in [3.63, 3.8) is 0 Å². The Morgan fingerprint density at radius 2 is 1.85 bits per heavy atom. The molecule has 3 rings (SSSR count).